The molecule has 0 radical (unpaired) electrons. The van der Waals surface area contributed by atoms with E-state index in [4.69, 9.17) is 4.74 Å². The monoisotopic (exact) mass is 285 g/mol. The maximum absolute atomic E-state index is 12.3. The van der Waals surface area contributed by atoms with Crippen LogP contribution in [0.15, 0.2) is 59.5 Å². The van der Waals surface area contributed by atoms with Crippen LogP contribution in [0, 0.1) is 0 Å². The standard InChI is InChI=1S/C16H15NO2S/c1-2-19-16(18)17-13-10-6-7-11-14(13)20-15(17)12-8-4-3-5-9-12/h3-11,15H,2H2,1H3. The second kappa shape index (κ2) is 5.59. The van der Waals surface area contributed by atoms with E-state index >= 15 is 0 Å². The molecule has 0 spiro atoms. The van der Waals surface area contributed by atoms with Crippen molar-refractivity contribution in [3.8, 4) is 0 Å². The first kappa shape index (κ1) is 13.1. The molecule has 0 saturated carbocycles. The van der Waals surface area contributed by atoms with Crippen LogP contribution >= 0.6 is 11.8 Å². The molecule has 1 aliphatic rings. The van der Waals surface area contributed by atoms with Gasteiger partial charge in [-0.3, -0.25) is 4.90 Å². The summed E-state index contributed by atoms with van der Waals surface area (Å²) in [6.45, 7) is 2.20. The lowest BCUT2D eigenvalue weighted by Gasteiger charge is -2.23. The molecule has 3 nitrogen and oxygen atoms in total. The average molecular weight is 285 g/mol. The lowest BCUT2D eigenvalue weighted by molar-refractivity contribution is 0.159. The zero-order chi connectivity index (χ0) is 13.9. The summed E-state index contributed by atoms with van der Waals surface area (Å²) in [5.41, 5.74) is 2.02. The van der Waals surface area contributed by atoms with Crippen LogP contribution in [0.25, 0.3) is 0 Å². The van der Waals surface area contributed by atoms with E-state index < -0.39 is 0 Å². The van der Waals surface area contributed by atoms with Gasteiger partial charge in [0.1, 0.15) is 5.37 Å². The highest BCUT2D eigenvalue weighted by atomic mass is 32.2. The van der Waals surface area contributed by atoms with E-state index in [1.807, 2.05) is 61.5 Å². The molecular weight excluding hydrogens is 270 g/mol. The van der Waals surface area contributed by atoms with Crippen molar-refractivity contribution in [2.45, 2.75) is 17.2 Å². The van der Waals surface area contributed by atoms with E-state index in [1.165, 1.54) is 0 Å². The lowest BCUT2D eigenvalue weighted by Crippen LogP contribution is -2.31. The molecular formula is C16H15NO2S. The number of ether oxygens (including phenoxy) is 1. The summed E-state index contributed by atoms with van der Waals surface area (Å²) in [4.78, 5) is 15.1. The maximum atomic E-state index is 12.3. The van der Waals surface area contributed by atoms with Crippen LogP contribution in [0.1, 0.15) is 17.9 Å². The van der Waals surface area contributed by atoms with E-state index in [9.17, 15) is 4.79 Å². The van der Waals surface area contributed by atoms with Gasteiger partial charge >= 0.3 is 6.09 Å². The minimum Gasteiger partial charge on any atom is -0.449 e. The van der Waals surface area contributed by atoms with Crippen LogP contribution in [0.5, 0.6) is 0 Å². The van der Waals surface area contributed by atoms with Crippen molar-refractivity contribution >= 4 is 23.5 Å². The fourth-order valence-corrected chi connectivity index (χ4v) is 3.56. The Morgan fingerprint density at radius 3 is 2.60 bits per heavy atom. The lowest BCUT2D eigenvalue weighted by atomic mass is 10.2. The fraction of sp³-hybridized carbons (Fsp3) is 0.188. The second-order valence-electron chi connectivity index (χ2n) is 4.42. The number of hydrogen-bond donors (Lipinski definition) is 0. The van der Waals surface area contributed by atoms with Gasteiger partial charge in [-0.2, -0.15) is 0 Å². The normalized spacial score (nSPS) is 16.9. The Morgan fingerprint density at radius 2 is 1.85 bits per heavy atom. The zero-order valence-corrected chi connectivity index (χ0v) is 12.0. The molecule has 0 N–H and O–H groups in total. The summed E-state index contributed by atoms with van der Waals surface area (Å²) >= 11 is 1.68. The molecule has 102 valence electrons. The minimum atomic E-state index is -0.293. The number of carbonyl (C=O) groups excluding carboxylic acids is 1. The largest absolute Gasteiger partial charge is 0.449 e. The van der Waals surface area contributed by atoms with E-state index in [-0.39, 0.29) is 11.5 Å². The molecule has 1 heterocycles. The van der Waals surface area contributed by atoms with Gasteiger partial charge < -0.3 is 4.74 Å². The molecule has 0 saturated heterocycles. The highest BCUT2D eigenvalue weighted by Gasteiger charge is 2.36. The van der Waals surface area contributed by atoms with Crippen molar-refractivity contribution < 1.29 is 9.53 Å². The molecule has 0 bridgehead atoms. The number of hydrogen-bond acceptors (Lipinski definition) is 3. The van der Waals surface area contributed by atoms with E-state index in [0.29, 0.717) is 6.61 Å². The number of anilines is 1. The van der Waals surface area contributed by atoms with Crippen molar-refractivity contribution in [3.05, 3.63) is 60.2 Å². The molecule has 3 rings (SSSR count). The Bertz CT molecular complexity index is 615. The van der Waals surface area contributed by atoms with Crippen LogP contribution in [-0.2, 0) is 4.74 Å². The molecule has 20 heavy (non-hydrogen) atoms. The highest BCUT2D eigenvalue weighted by Crippen LogP contribution is 2.51. The van der Waals surface area contributed by atoms with Crippen LogP contribution in [0.2, 0.25) is 0 Å². The number of thioether (sulfide) groups is 1. The maximum Gasteiger partial charge on any atom is 0.415 e. The molecule has 2 aromatic rings. The number of rotatable bonds is 2. The van der Waals surface area contributed by atoms with Crippen molar-refractivity contribution in [1.82, 2.24) is 0 Å². The molecule has 1 unspecified atom stereocenters. The third kappa shape index (κ3) is 2.27. The fourth-order valence-electron chi connectivity index (χ4n) is 2.28. The first-order valence-electron chi connectivity index (χ1n) is 6.58. The number of carbonyl (C=O) groups is 1. The number of benzene rings is 2. The smallest absolute Gasteiger partial charge is 0.415 e. The minimum absolute atomic E-state index is 0.0624. The van der Waals surface area contributed by atoms with Gasteiger partial charge in [-0.25, -0.2) is 4.79 Å². The molecule has 4 heteroatoms. The van der Waals surface area contributed by atoms with Crippen molar-refractivity contribution in [1.29, 1.82) is 0 Å². The van der Waals surface area contributed by atoms with E-state index in [1.54, 1.807) is 16.7 Å². The van der Waals surface area contributed by atoms with Gasteiger partial charge in [0.25, 0.3) is 0 Å². The molecule has 1 atom stereocenters. The quantitative estimate of drug-likeness (QED) is 0.816. The highest BCUT2D eigenvalue weighted by molar-refractivity contribution is 8.00. The van der Waals surface area contributed by atoms with Gasteiger partial charge in [0.2, 0.25) is 0 Å². The van der Waals surface area contributed by atoms with Gasteiger partial charge in [0.05, 0.1) is 12.3 Å². The van der Waals surface area contributed by atoms with Gasteiger partial charge in [-0.05, 0) is 24.6 Å². The van der Waals surface area contributed by atoms with E-state index in [2.05, 4.69) is 0 Å². The number of para-hydroxylation sites is 1. The molecule has 0 aromatic heterocycles. The SMILES string of the molecule is CCOC(=O)N1c2ccccc2SC1c1ccccc1. The van der Waals surface area contributed by atoms with Crippen molar-refractivity contribution in [3.63, 3.8) is 0 Å². The number of fused-ring (bicyclic) bond motifs is 1. The summed E-state index contributed by atoms with van der Waals surface area (Å²) in [5.74, 6) is 0. The van der Waals surface area contributed by atoms with Crippen molar-refractivity contribution in [2.75, 3.05) is 11.5 Å². The molecule has 1 amide bonds. The summed E-state index contributed by atoms with van der Waals surface area (Å²) in [5, 5.41) is -0.0624. The zero-order valence-electron chi connectivity index (χ0n) is 11.2. The second-order valence-corrected chi connectivity index (χ2v) is 5.54. The predicted octanol–water partition coefficient (Wildman–Crippen LogP) is 4.45. The van der Waals surface area contributed by atoms with Gasteiger partial charge in [-0.1, -0.05) is 54.2 Å². The first-order chi connectivity index (χ1) is 9.81. The van der Waals surface area contributed by atoms with E-state index in [0.717, 1.165) is 16.1 Å². The summed E-state index contributed by atoms with van der Waals surface area (Å²) in [6.07, 6.45) is -0.293. The Morgan fingerprint density at radius 1 is 1.15 bits per heavy atom. The predicted molar refractivity (Wildman–Crippen MR) is 81.0 cm³/mol. The van der Waals surface area contributed by atoms with Crippen LogP contribution in [-0.4, -0.2) is 12.7 Å². The van der Waals surface area contributed by atoms with Crippen LogP contribution < -0.4 is 4.90 Å². The Labute approximate surface area is 122 Å². The molecule has 0 fully saturated rings. The Balaban J connectivity index is 2.01. The van der Waals surface area contributed by atoms with Gasteiger partial charge in [0, 0.05) is 4.90 Å². The molecule has 1 aliphatic heterocycles. The van der Waals surface area contributed by atoms with Gasteiger partial charge in [0.15, 0.2) is 0 Å². The topological polar surface area (TPSA) is 29.5 Å². The third-order valence-corrected chi connectivity index (χ3v) is 4.45. The van der Waals surface area contributed by atoms with Crippen molar-refractivity contribution in [2.24, 2.45) is 0 Å². The third-order valence-electron chi connectivity index (χ3n) is 3.15. The van der Waals surface area contributed by atoms with Crippen LogP contribution in [0.3, 0.4) is 0 Å². The number of nitrogens with zero attached hydrogens (tertiary/aromatic N) is 1. The molecule has 2 aromatic carbocycles. The average Bonchev–Trinajstić information content (AvgIpc) is 2.88. The Kier molecular flexibility index (Phi) is 3.65. The molecule has 0 aliphatic carbocycles. The Hall–Kier alpha value is -1.94. The summed E-state index contributed by atoms with van der Waals surface area (Å²) in [6, 6.07) is 18.0. The summed E-state index contributed by atoms with van der Waals surface area (Å²) in [7, 11) is 0. The summed E-state index contributed by atoms with van der Waals surface area (Å²) < 4.78 is 5.21. The number of amides is 1. The van der Waals surface area contributed by atoms with Gasteiger partial charge in [-0.15, -0.1) is 0 Å². The first-order valence-corrected chi connectivity index (χ1v) is 7.46. The van der Waals surface area contributed by atoms with Crippen LogP contribution in [0.4, 0.5) is 10.5 Å².